The smallest absolute Gasteiger partial charge is 0.129 e. The number of ether oxygens (including phenoxy) is 1. The largest absolute Gasteiger partial charge is 0.485 e. The highest BCUT2D eigenvalue weighted by atomic mass is 16.5. The highest BCUT2D eigenvalue weighted by Crippen LogP contribution is 2.36. The zero-order valence-corrected chi connectivity index (χ0v) is 9.66. The van der Waals surface area contributed by atoms with Crippen LogP contribution in [0.25, 0.3) is 0 Å². The van der Waals surface area contributed by atoms with Crippen molar-refractivity contribution >= 4 is 0 Å². The second-order valence-corrected chi connectivity index (χ2v) is 4.85. The minimum atomic E-state index is -0.581. The second kappa shape index (κ2) is 3.56. The average molecular weight is 222 g/mol. The van der Waals surface area contributed by atoms with E-state index in [0.717, 1.165) is 11.3 Å². The lowest BCUT2D eigenvalue weighted by Crippen LogP contribution is -2.43. The van der Waals surface area contributed by atoms with Crippen LogP contribution in [-0.4, -0.2) is 16.8 Å². The van der Waals surface area contributed by atoms with E-state index in [9.17, 15) is 5.11 Å². The molecule has 2 rings (SSSR count). The fourth-order valence-corrected chi connectivity index (χ4v) is 1.86. The first-order chi connectivity index (χ1) is 7.40. The van der Waals surface area contributed by atoms with Gasteiger partial charge in [-0.1, -0.05) is 6.08 Å². The maximum Gasteiger partial charge on any atom is 0.129 e. The van der Waals surface area contributed by atoms with E-state index in [1.54, 1.807) is 6.08 Å². The summed E-state index contributed by atoms with van der Waals surface area (Å²) in [4.78, 5) is 0. The molecule has 4 heteroatoms. The molecule has 16 heavy (non-hydrogen) atoms. The van der Waals surface area contributed by atoms with E-state index in [-0.39, 0.29) is 0 Å². The SMILES string of the molecule is CC1(C)OC2=CC(N)=C(N)CC=C2CC1O. The van der Waals surface area contributed by atoms with Gasteiger partial charge in [0.1, 0.15) is 11.4 Å². The van der Waals surface area contributed by atoms with Gasteiger partial charge in [0.05, 0.1) is 11.8 Å². The van der Waals surface area contributed by atoms with Crippen molar-refractivity contribution in [2.45, 2.75) is 38.4 Å². The average Bonchev–Trinajstić information content (AvgIpc) is 2.30. The highest BCUT2D eigenvalue weighted by molar-refractivity contribution is 5.40. The van der Waals surface area contributed by atoms with E-state index >= 15 is 0 Å². The number of fused-ring (bicyclic) bond motifs is 1. The first kappa shape index (κ1) is 11.1. The van der Waals surface area contributed by atoms with Gasteiger partial charge in [-0.05, 0) is 19.4 Å². The molecule has 0 aromatic carbocycles. The molecule has 0 saturated carbocycles. The summed E-state index contributed by atoms with van der Waals surface area (Å²) in [6, 6.07) is 0. The Morgan fingerprint density at radius 2 is 2.12 bits per heavy atom. The molecule has 0 bridgehead atoms. The number of allylic oxidation sites excluding steroid dienone is 3. The van der Waals surface area contributed by atoms with Crippen LogP contribution in [0.2, 0.25) is 0 Å². The molecule has 1 atom stereocenters. The van der Waals surface area contributed by atoms with Crippen LogP contribution < -0.4 is 11.5 Å². The summed E-state index contributed by atoms with van der Waals surface area (Å²) in [5, 5.41) is 9.93. The van der Waals surface area contributed by atoms with Crippen molar-refractivity contribution in [2.24, 2.45) is 11.5 Å². The quantitative estimate of drug-likeness (QED) is 0.568. The van der Waals surface area contributed by atoms with Gasteiger partial charge in [-0.2, -0.15) is 0 Å². The van der Waals surface area contributed by atoms with E-state index in [4.69, 9.17) is 16.2 Å². The molecule has 0 aromatic heterocycles. The van der Waals surface area contributed by atoms with Crippen molar-refractivity contribution in [1.82, 2.24) is 0 Å². The van der Waals surface area contributed by atoms with E-state index in [1.165, 1.54) is 0 Å². The highest BCUT2D eigenvalue weighted by Gasteiger charge is 2.37. The third-order valence-corrected chi connectivity index (χ3v) is 3.13. The maximum absolute atomic E-state index is 9.93. The first-order valence-corrected chi connectivity index (χ1v) is 5.42. The standard InChI is InChI=1S/C12H18N2O2/c1-12(2)11(15)5-7-3-4-8(13)9(14)6-10(7)16-12/h3,6,11,15H,4-5,13-14H2,1-2H3. The summed E-state index contributed by atoms with van der Waals surface area (Å²) < 4.78 is 5.76. The molecule has 0 aromatic rings. The Labute approximate surface area is 95.3 Å². The summed E-state index contributed by atoms with van der Waals surface area (Å²) in [5.74, 6) is 0.730. The number of nitrogens with two attached hydrogens (primary N) is 2. The summed E-state index contributed by atoms with van der Waals surface area (Å²) in [6.07, 6.45) is 4.41. The van der Waals surface area contributed by atoms with Crippen molar-refractivity contribution < 1.29 is 9.84 Å². The summed E-state index contributed by atoms with van der Waals surface area (Å²) in [5.41, 5.74) is 13.2. The summed E-state index contributed by atoms with van der Waals surface area (Å²) in [6.45, 7) is 3.73. The van der Waals surface area contributed by atoms with Crippen LogP contribution in [0.15, 0.2) is 34.9 Å². The summed E-state index contributed by atoms with van der Waals surface area (Å²) in [7, 11) is 0. The molecular formula is C12H18N2O2. The molecule has 0 amide bonds. The fraction of sp³-hybridized carbons (Fsp3) is 0.500. The van der Waals surface area contributed by atoms with Crippen molar-refractivity contribution in [3.05, 3.63) is 34.9 Å². The zero-order chi connectivity index (χ0) is 11.9. The minimum Gasteiger partial charge on any atom is -0.485 e. The molecule has 1 aliphatic carbocycles. The van der Waals surface area contributed by atoms with Gasteiger partial charge >= 0.3 is 0 Å². The predicted molar refractivity (Wildman–Crippen MR) is 62.0 cm³/mol. The maximum atomic E-state index is 9.93. The Bertz CT molecular complexity index is 405. The first-order valence-electron chi connectivity index (χ1n) is 5.42. The van der Waals surface area contributed by atoms with Gasteiger partial charge in [0, 0.05) is 24.6 Å². The van der Waals surface area contributed by atoms with Gasteiger partial charge in [-0.15, -0.1) is 0 Å². The van der Waals surface area contributed by atoms with Crippen molar-refractivity contribution in [3.63, 3.8) is 0 Å². The normalized spacial score (nSPS) is 28.6. The van der Waals surface area contributed by atoms with E-state index < -0.39 is 11.7 Å². The molecule has 0 spiro atoms. The molecule has 1 heterocycles. The number of aliphatic hydroxyl groups is 1. The third-order valence-electron chi connectivity index (χ3n) is 3.13. The lowest BCUT2D eigenvalue weighted by molar-refractivity contribution is -0.0832. The molecule has 5 N–H and O–H groups in total. The van der Waals surface area contributed by atoms with E-state index in [0.29, 0.717) is 24.2 Å². The van der Waals surface area contributed by atoms with Crippen molar-refractivity contribution in [1.29, 1.82) is 0 Å². The number of hydrogen-bond acceptors (Lipinski definition) is 4. The monoisotopic (exact) mass is 222 g/mol. The van der Waals surface area contributed by atoms with Gasteiger partial charge in [0.2, 0.25) is 0 Å². The Morgan fingerprint density at radius 3 is 2.81 bits per heavy atom. The van der Waals surface area contributed by atoms with Crippen LogP contribution in [0.4, 0.5) is 0 Å². The predicted octanol–water partition coefficient (Wildman–Crippen LogP) is 0.889. The molecular weight excluding hydrogens is 204 g/mol. The molecule has 2 aliphatic rings. The molecule has 88 valence electrons. The topological polar surface area (TPSA) is 81.5 Å². The van der Waals surface area contributed by atoms with Crippen LogP contribution in [0.1, 0.15) is 26.7 Å². The molecule has 1 aliphatic heterocycles. The fourth-order valence-electron chi connectivity index (χ4n) is 1.86. The van der Waals surface area contributed by atoms with Crippen molar-refractivity contribution in [2.75, 3.05) is 0 Å². The Balaban J connectivity index is 2.37. The zero-order valence-electron chi connectivity index (χ0n) is 9.66. The van der Waals surface area contributed by atoms with Crippen LogP contribution in [0.5, 0.6) is 0 Å². The van der Waals surface area contributed by atoms with Gasteiger partial charge in [-0.25, -0.2) is 0 Å². The third kappa shape index (κ3) is 1.80. The molecule has 0 radical (unpaired) electrons. The Morgan fingerprint density at radius 1 is 1.44 bits per heavy atom. The van der Waals surface area contributed by atoms with E-state index in [1.807, 2.05) is 19.9 Å². The van der Waals surface area contributed by atoms with Crippen LogP contribution >= 0.6 is 0 Å². The lowest BCUT2D eigenvalue weighted by Gasteiger charge is -2.38. The van der Waals surface area contributed by atoms with Gasteiger partial charge in [0.25, 0.3) is 0 Å². The van der Waals surface area contributed by atoms with Gasteiger partial charge in [0.15, 0.2) is 0 Å². The van der Waals surface area contributed by atoms with Crippen LogP contribution in [0.3, 0.4) is 0 Å². The van der Waals surface area contributed by atoms with Crippen LogP contribution in [0, 0.1) is 0 Å². The van der Waals surface area contributed by atoms with Gasteiger partial charge in [-0.3, -0.25) is 0 Å². The molecule has 1 saturated heterocycles. The van der Waals surface area contributed by atoms with Gasteiger partial charge < -0.3 is 21.3 Å². The Hall–Kier alpha value is -1.42. The number of hydrogen-bond donors (Lipinski definition) is 3. The Kier molecular flexibility index (Phi) is 2.46. The second-order valence-electron chi connectivity index (χ2n) is 4.85. The van der Waals surface area contributed by atoms with Crippen LogP contribution in [-0.2, 0) is 4.74 Å². The lowest BCUT2D eigenvalue weighted by atomic mass is 9.90. The number of aliphatic hydroxyl groups excluding tert-OH is 1. The minimum absolute atomic E-state index is 0.503. The molecule has 1 unspecified atom stereocenters. The summed E-state index contributed by atoms with van der Waals surface area (Å²) >= 11 is 0. The number of rotatable bonds is 0. The van der Waals surface area contributed by atoms with Crippen molar-refractivity contribution in [3.8, 4) is 0 Å². The molecule has 1 fully saturated rings. The molecule has 4 nitrogen and oxygen atoms in total. The van der Waals surface area contributed by atoms with E-state index in [2.05, 4.69) is 0 Å².